The van der Waals surface area contributed by atoms with Crippen LogP contribution in [0.4, 0.5) is 11.4 Å². The summed E-state index contributed by atoms with van der Waals surface area (Å²) in [6, 6.07) is 10.4. The molecule has 0 spiro atoms. The van der Waals surface area contributed by atoms with Crippen LogP contribution in [-0.2, 0) is 27.2 Å². The number of anilines is 2. The second kappa shape index (κ2) is 17.8. The number of hydrogen-bond donors (Lipinski definition) is 4. The molecule has 0 saturated heterocycles. The number of carbonyl (C=O) groups is 4. The van der Waals surface area contributed by atoms with E-state index in [1.54, 1.807) is 67.8 Å². The number of nitrogens with one attached hydrogen (secondary N) is 4. The Balaban J connectivity index is 0.000000177. The molecule has 0 aliphatic carbocycles. The molecule has 6 aromatic rings. The van der Waals surface area contributed by atoms with Gasteiger partial charge in [0.2, 0.25) is 0 Å². The molecule has 0 fully saturated rings. The lowest BCUT2D eigenvalue weighted by atomic mass is 10.2. The first kappa shape index (κ1) is 38.6. The van der Waals surface area contributed by atoms with Crippen LogP contribution < -0.4 is 21.3 Å². The number of carbonyl (C=O) groups excluding carboxylic acids is 4. The fourth-order valence-corrected chi connectivity index (χ4v) is 5.98. The predicted octanol–water partition coefficient (Wildman–Crippen LogP) is 3.47. The molecule has 8 heterocycles. The van der Waals surface area contributed by atoms with Crippen molar-refractivity contribution >= 4 is 35.0 Å². The number of hydrogen-bond acceptors (Lipinski definition) is 10. The molecule has 2 aliphatic heterocycles. The third-order valence-corrected chi connectivity index (χ3v) is 8.83. The summed E-state index contributed by atoms with van der Waals surface area (Å²) in [5.74, 6) is 4.64. The molecule has 18 nitrogen and oxygen atoms in total. The van der Waals surface area contributed by atoms with Crippen LogP contribution in [0.1, 0.15) is 67.6 Å². The molecule has 4 amide bonds. The number of nitrogens with zero attached hydrogens (tertiary/aromatic N) is 10. The van der Waals surface area contributed by atoms with Gasteiger partial charge in [0.05, 0.1) is 41.7 Å². The third-order valence-electron chi connectivity index (χ3n) is 8.83. The van der Waals surface area contributed by atoms with Crippen molar-refractivity contribution in [3.8, 4) is 34.4 Å². The van der Waals surface area contributed by atoms with Gasteiger partial charge in [-0.3, -0.25) is 37.9 Å². The summed E-state index contributed by atoms with van der Waals surface area (Å²) in [5, 5.41) is 28.1. The third kappa shape index (κ3) is 9.57. The smallest absolute Gasteiger partial charge is 0.274 e. The Labute approximate surface area is 332 Å². The Kier molecular flexibility index (Phi) is 11.9. The number of rotatable bonds is 0. The summed E-state index contributed by atoms with van der Waals surface area (Å²) in [5.41, 5.74) is 4.38. The van der Waals surface area contributed by atoms with Crippen LogP contribution in [0.3, 0.4) is 0 Å². The minimum atomic E-state index is -0.423. The minimum Gasteiger partial charge on any atom is -0.351 e. The van der Waals surface area contributed by atoms with Gasteiger partial charge in [0.1, 0.15) is 17.9 Å². The molecule has 294 valence electrons. The molecular formula is C40H40N14O4. The second-order valence-electron chi connectivity index (χ2n) is 13.3. The molecule has 8 rings (SSSR count). The molecule has 0 radical (unpaired) electrons. The summed E-state index contributed by atoms with van der Waals surface area (Å²) in [7, 11) is 3.39. The van der Waals surface area contributed by atoms with Crippen molar-refractivity contribution in [1.82, 2.24) is 59.7 Å². The fourth-order valence-electron chi connectivity index (χ4n) is 5.98. The van der Waals surface area contributed by atoms with E-state index in [2.05, 4.69) is 69.5 Å². The molecule has 0 unspecified atom stereocenters. The predicted molar refractivity (Wildman–Crippen MR) is 213 cm³/mol. The van der Waals surface area contributed by atoms with Crippen LogP contribution >= 0.6 is 0 Å². The molecule has 18 heteroatoms. The van der Waals surface area contributed by atoms with Crippen LogP contribution in [0.25, 0.3) is 22.5 Å². The van der Waals surface area contributed by atoms with E-state index in [0.717, 1.165) is 24.0 Å². The Hall–Kier alpha value is -7.68. The van der Waals surface area contributed by atoms with Crippen molar-refractivity contribution < 1.29 is 19.2 Å². The van der Waals surface area contributed by atoms with Crippen LogP contribution in [0.15, 0.2) is 85.7 Å². The molecule has 0 saturated carbocycles. The van der Waals surface area contributed by atoms with E-state index in [1.165, 1.54) is 9.36 Å². The molecule has 0 aromatic carbocycles. The normalized spacial score (nSPS) is 15.3. The van der Waals surface area contributed by atoms with Gasteiger partial charge in [-0.2, -0.15) is 20.4 Å². The highest BCUT2D eigenvalue weighted by Crippen LogP contribution is 2.20. The Bertz CT molecular complexity index is 2570. The molecule has 2 aliphatic rings. The summed E-state index contributed by atoms with van der Waals surface area (Å²) >= 11 is 0. The molecular weight excluding hydrogens is 741 g/mol. The van der Waals surface area contributed by atoms with E-state index in [-0.39, 0.29) is 34.6 Å². The average molecular weight is 781 g/mol. The first-order valence-electron chi connectivity index (χ1n) is 18.6. The highest BCUT2D eigenvalue weighted by molar-refractivity contribution is 6.08. The van der Waals surface area contributed by atoms with Crippen molar-refractivity contribution in [1.29, 1.82) is 0 Å². The first-order chi connectivity index (χ1) is 28.2. The van der Waals surface area contributed by atoms with E-state index in [4.69, 9.17) is 0 Å². The van der Waals surface area contributed by atoms with Gasteiger partial charge in [0.25, 0.3) is 23.6 Å². The van der Waals surface area contributed by atoms with Gasteiger partial charge in [0.15, 0.2) is 11.4 Å². The number of aromatic nitrogens is 10. The van der Waals surface area contributed by atoms with E-state index in [9.17, 15) is 19.2 Å². The Morgan fingerprint density at radius 2 is 1.14 bits per heavy atom. The highest BCUT2D eigenvalue weighted by Gasteiger charge is 2.21. The Morgan fingerprint density at radius 1 is 0.603 bits per heavy atom. The Morgan fingerprint density at radius 3 is 1.74 bits per heavy atom. The summed E-state index contributed by atoms with van der Waals surface area (Å²) in [4.78, 5) is 59.3. The lowest BCUT2D eigenvalue weighted by Crippen LogP contribution is -2.26. The number of aryl methyl sites for hydroxylation is 2. The zero-order valence-electron chi connectivity index (χ0n) is 31.8. The van der Waals surface area contributed by atoms with Gasteiger partial charge in [-0.05, 0) is 43.5 Å². The number of pyridine rings is 2. The van der Waals surface area contributed by atoms with Crippen molar-refractivity contribution in [2.45, 2.75) is 38.8 Å². The molecule has 6 aromatic heterocycles. The van der Waals surface area contributed by atoms with Gasteiger partial charge in [-0.25, -0.2) is 9.97 Å². The number of amides is 4. The SMILES string of the molecule is Cn1cc2c(n1)C(=O)NCCC/C=C\Cn1cc(cn1)-c1cccc(n1)C(=O)N2.Cn1cc2c(n1)C(=O)NCCCC#CCn1cc(cn1)-c1cccc(n1)C(=O)N2. The first-order valence-corrected chi connectivity index (χ1v) is 18.6. The zero-order valence-corrected chi connectivity index (χ0v) is 31.8. The average Bonchev–Trinajstić information content (AvgIpc) is 4.04. The van der Waals surface area contributed by atoms with Crippen molar-refractivity contribution in [2.24, 2.45) is 14.1 Å². The van der Waals surface area contributed by atoms with Gasteiger partial charge in [-0.15, -0.1) is 5.92 Å². The van der Waals surface area contributed by atoms with Gasteiger partial charge in [0, 0.05) is 69.5 Å². The minimum absolute atomic E-state index is 0.158. The van der Waals surface area contributed by atoms with Gasteiger partial charge in [-0.1, -0.05) is 30.2 Å². The number of fused-ring (bicyclic) bond motifs is 12. The topological polar surface area (TPSA) is 213 Å². The van der Waals surface area contributed by atoms with Crippen molar-refractivity contribution in [2.75, 3.05) is 23.7 Å². The van der Waals surface area contributed by atoms with Crippen molar-refractivity contribution in [3.63, 3.8) is 0 Å². The quantitative estimate of drug-likeness (QED) is 0.130. The van der Waals surface area contributed by atoms with Crippen LogP contribution in [0.2, 0.25) is 0 Å². The summed E-state index contributed by atoms with van der Waals surface area (Å²) in [6.07, 6.45) is 17.5. The van der Waals surface area contributed by atoms with Crippen LogP contribution in [0, 0.1) is 11.8 Å². The van der Waals surface area contributed by atoms with Crippen molar-refractivity contribution in [3.05, 3.63) is 109 Å². The lowest BCUT2D eigenvalue weighted by molar-refractivity contribution is 0.0939. The van der Waals surface area contributed by atoms with Gasteiger partial charge < -0.3 is 21.3 Å². The van der Waals surface area contributed by atoms with E-state index < -0.39 is 11.8 Å². The van der Waals surface area contributed by atoms with E-state index in [0.29, 0.717) is 61.8 Å². The van der Waals surface area contributed by atoms with E-state index in [1.807, 2.05) is 35.3 Å². The fraction of sp³-hybridized carbons (Fsp3) is 0.250. The largest absolute Gasteiger partial charge is 0.351 e. The highest BCUT2D eigenvalue weighted by atomic mass is 16.2. The van der Waals surface area contributed by atoms with E-state index >= 15 is 0 Å². The van der Waals surface area contributed by atoms with Crippen LogP contribution in [0.5, 0.6) is 0 Å². The summed E-state index contributed by atoms with van der Waals surface area (Å²) < 4.78 is 6.52. The molecule has 4 N–H and O–H groups in total. The second-order valence-corrected chi connectivity index (χ2v) is 13.3. The standard InChI is InChI=1S/C20H21N7O2.C20H19N7O2/c2*1-26-13-17-18(25-26)20(29)21-9-4-2-3-5-10-27-12-14(11-22-27)15-7-6-8-16(23-15)19(28)24-17/h3,5-8,11-13H,2,4,9-10H2,1H3,(H,21,29)(H,24,28);6-8,11-13H,2,4,9-10H2,1H3,(H,21,29)(H,24,28)/b5-3-;. The lowest BCUT2D eigenvalue weighted by Gasteiger charge is -2.07. The van der Waals surface area contributed by atoms with Gasteiger partial charge >= 0.3 is 0 Å². The molecule has 58 heavy (non-hydrogen) atoms. The molecule has 0 atom stereocenters. The van der Waals surface area contributed by atoms with Crippen LogP contribution in [-0.4, -0.2) is 85.8 Å². The molecule has 8 bridgehead atoms. The maximum atomic E-state index is 12.7. The zero-order chi connectivity index (χ0) is 40.4. The maximum Gasteiger partial charge on any atom is 0.274 e. The number of allylic oxidation sites excluding steroid dienone is 2. The monoisotopic (exact) mass is 780 g/mol. The maximum absolute atomic E-state index is 12.7. The summed E-state index contributed by atoms with van der Waals surface area (Å²) in [6.45, 7) is 2.09.